The van der Waals surface area contributed by atoms with E-state index in [1.165, 1.54) is 12.3 Å². The van der Waals surface area contributed by atoms with Crippen molar-refractivity contribution in [3.63, 3.8) is 0 Å². The SMILES string of the molecule is OC(CC1C=NN=N1)(CC(Cl)(Cl)Cl)c1ccc(Cl)cc1Cl. The predicted molar refractivity (Wildman–Crippen MR) is 87.0 cm³/mol. The summed E-state index contributed by atoms with van der Waals surface area (Å²) in [6.07, 6.45) is 1.48. The average molecular weight is 389 g/mol. The molecule has 0 saturated heterocycles. The molecule has 1 aromatic carbocycles. The number of nitrogens with zero attached hydrogens (tertiary/aromatic N) is 3. The minimum atomic E-state index is -1.66. The third-order valence-electron chi connectivity index (χ3n) is 2.96. The normalized spacial score (nSPS) is 20.8. The molecule has 2 unspecified atom stereocenters. The molecule has 1 N–H and O–H groups in total. The Bertz CT molecular complexity index is 575. The van der Waals surface area contributed by atoms with E-state index in [1.807, 2.05) is 0 Å². The Morgan fingerprint density at radius 3 is 2.43 bits per heavy atom. The molecule has 2 rings (SSSR count). The molecule has 0 aliphatic carbocycles. The molecule has 1 heterocycles. The van der Waals surface area contributed by atoms with Gasteiger partial charge in [-0.25, -0.2) is 0 Å². The van der Waals surface area contributed by atoms with E-state index in [4.69, 9.17) is 58.0 Å². The topological polar surface area (TPSA) is 57.3 Å². The van der Waals surface area contributed by atoms with Crippen molar-refractivity contribution in [3.05, 3.63) is 33.8 Å². The van der Waals surface area contributed by atoms with Gasteiger partial charge in [-0.3, -0.25) is 0 Å². The van der Waals surface area contributed by atoms with Crippen molar-refractivity contribution in [1.82, 2.24) is 0 Å². The van der Waals surface area contributed by atoms with E-state index in [1.54, 1.807) is 12.1 Å². The summed E-state index contributed by atoms with van der Waals surface area (Å²) >= 11 is 29.6. The van der Waals surface area contributed by atoms with Crippen LogP contribution in [0.25, 0.3) is 0 Å². The van der Waals surface area contributed by atoms with E-state index in [-0.39, 0.29) is 17.9 Å². The lowest BCUT2D eigenvalue weighted by Crippen LogP contribution is -2.35. The third kappa shape index (κ3) is 4.68. The fourth-order valence-electron chi connectivity index (χ4n) is 2.15. The number of hydrogen-bond acceptors (Lipinski definition) is 4. The first-order chi connectivity index (χ1) is 9.70. The second kappa shape index (κ2) is 6.57. The number of aliphatic hydroxyl groups is 1. The average Bonchev–Trinajstić information content (AvgIpc) is 2.78. The van der Waals surface area contributed by atoms with Gasteiger partial charge in [0.1, 0.15) is 6.04 Å². The third-order valence-corrected chi connectivity index (χ3v) is 3.91. The molecule has 0 spiro atoms. The van der Waals surface area contributed by atoms with Crippen LogP contribution in [0.5, 0.6) is 0 Å². The zero-order valence-electron chi connectivity index (χ0n) is 10.5. The lowest BCUT2D eigenvalue weighted by atomic mass is 9.85. The lowest BCUT2D eigenvalue weighted by molar-refractivity contribution is 0.0186. The van der Waals surface area contributed by atoms with E-state index in [0.717, 1.165) is 0 Å². The molecule has 0 radical (unpaired) electrons. The summed E-state index contributed by atoms with van der Waals surface area (Å²) in [4.78, 5) is 0. The Labute approximate surface area is 146 Å². The fourth-order valence-corrected chi connectivity index (χ4v) is 3.40. The highest BCUT2D eigenvalue weighted by Crippen LogP contribution is 2.45. The molecule has 4 nitrogen and oxygen atoms in total. The van der Waals surface area contributed by atoms with E-state index < -0.39 is 15.4 Å². The van der Waals surface area contributed by atoms with E-state index in [2.05, 4.69) is 15.4 Å². The molecule has 0 aromatic heterocycles. The lowest BCUT2D eigenvalue weighted by Gasteiger charge is -2.33. The van der Waals surface area contributed by atoms with Crippen LogP contribution in [0.4, 0.5) is 0 Å². The second-order valence-corrected chi connectivity index (χ2v) is 8.05. The van der Waals surface area contributed by atoms with Crippen LogP contribution in [0.15, 0.2) is 33.6 Å². The van der Waals surface area contributed by atoms with Crippen LogP contribution in [0, 0.1) is 0 Å². The summed E-state index contributed by atoms with van der Waals surface area (Å²) in [5.74, 6) is 0. The standard InChI is InChI=1S/C12H10Cl5N3O/c13-7-1-2-9(10(14)3-7)11(21,6-12(15,16)17)4-8-5-18-20-19-8/h1-3,5,8,21H,4,6H2. The molecule has 0 bridgehead atoms. The molecule has 1 aliphatic rings. The van der Waals surface area contributed by atoms with Crippen LogP contribution in [-0.2, 0) is 5.60 Å². The van der Waals surface area contributed by atoms with Gasteiger partial charge in [-0.05, 0) is 17.4 Å². The van der Waals surface area contributed by atoms with Crippen molar-refractivity contribution >= 4 is 64.2 Å². The maximum absolute atomic E-state index is 11.0. The quantitative estimate of drug-likeness (QED) is 0.711. The van der Waals surface area contributed by atoms with Gasteiger partial charge in [-0.15, -0.1) is 5.10 Å². The Balaban J connectivity index is 2.38. The Morgan fingerprint density at radius 1 is 1.19 bits per heavy atom. The van der Waals surface area contributed by atoms with Gasteiger partial charge < -0.3 is 5.11 Å². The zero-order chi connectivity index (χ0) is 15.7. The van der Waals surface area contributed by atoms with Gasteiger partial charge in [0, 0.05) is 28.5 Å². The minimum Gasteiger partial charge on any atom is -0.385 e. The van der Waals surface area contributed by atoms with Crippen molar-refractivity contribution in [3.8, 4) is 0 Å². The maximum Gasteiger partial charge on any atom is 0.193 e. The molecule has 2 atom stereocenters. The first-order valence-corrected chi connectivity index (χ1v) is 7.77. The molecule has 21 heavy (non-hydrogen) atoms. The first kappa shape index (κ1) is 17.3. The highest BCUT2D eigenvalue weighted by molar-refractivity contribution is 6.67. The summed E-state index contributed by atoms with van der Waals surface area (Å²) in [7, 11) is 0. The van der Waals surface area contributed by atoms with Crippen LogP contribution in [0.3, 0.4) is 0 Å². The van der Waals surface area contributed by atoms with E-state index in [0.29, 0.717) is 10.6 Å². The van der Waals surface area contributed by atoms with Crippen molar-refractivity contribution in [2.24, 2.45) is 15.4 Å². The van der Waals surface area contributed by atoms with Crippen molar-refractivity contribution in [2.45, 2.75) is 28.3 Å². The van der Waals surface area contributed by atoms with Gasteiger partial charge in [0.2, 0.25) is 0 Å². The zero-order valence-corrected chi connectivity index (χ0v) is 14.3. The molecule has 0 saturated carbocycles. The highest BCUT2D eigenvalue weighted by Gasteiger charge is 2.41. The van der Waals surface area contributed by atoms with Crippen LogP contribution in [0.2, 0.25) is 10.0 Å². The molecule has 1 aromatic rings. The maximum atomic E-state index is 11.0. The molecule has 0 amide bonds. The van der Waals surface area contributed by atoms with Gasteiger partial charge >= 0.3 is 0 Å². The molecule has 1 aliphatic heterocycles. The summed E-state index contributed by atoms with van der Waals surface area (Å²) in [6, 6.07) is 4.32. The summed E-state index contributed by atoms with van der Waals surface area (Å²) in [5.41, 5.74) is -1.09. The summed E-state index contributed by atoms with van der Waals surface area (Å²) < 4.78 is -1.66. The smallest absolute Gasteiger partial charge is 0.193 e. The molecule has 0 fully saturated rings. The molecular formula is C12H10Cl5N3O. The van der Waals surface area contributed by atoms with E-state index >= 15 is 0 Å². The van der Waals surface area contributed by atoms with Crippen molar-refractivity contribution in [1.29, 1.82) is 0 Å². The number of halogens is 5. The fraction of sp³-hybridized carbons (Fsp3) is 0.417. The van der Waals surface area contributed by atoms with Gasteiger partial charge in [-0.2, -0.15) is 5.11 Å². The number of rotatable bonds is 4. The van der Waals surface area contributed by atoms with Gasteiger partial charge in [-0.1, -0.05) is 64.1 Å². The van der Waals surface area contributed by atoms with Crippen LogP contribution < -0.4 is 0 Å². The minimum absolute atomic E-state index is 0.134. The molecule has 114 valence electrons. The van der Waals surface area contributed by atoms with Crippen LogP contribution in [-0.4, -0.2) is 21.2 Å². The monoisotopic (exact) mass is 387 g/mol. The predicted octanol–water partition coefficient (Wildman–Crippen LogP) is 5.15. The number of benzene rings is 1. The van der Waals surface area contributed by atoms with Gasteiger partial charge in [0.25, 0.3) is 0 Å². The highest BCUT2D eigenvalue weighted by atomic mass is 35.6. The van der Waals surface area contributed by atoms with Gasteiger partial charge in [0.15, 0.2) is 3.79 Å². The first-order valence-electron chi connectivity index (χ1n) is 5.88. The summed E-state index contributed by atoms with van der Waals surface area (Å²) in [6.45, 7) is 0. The number of hydrogen-bond donors (Lipinski definition) is 1. The largest absolute Gasteiger partial charge is 0.385 e. The second-order valence-electron chi connectivity index (χ2n) is 4.69. The van der Waals surface area contributed by atoms with E-state index in [9.17, 15) is 5.11 Å². The van der Waals surface area contributed by atoms with Gasteiger partial charge in [0.05, 0.1) is 11.8 Å². The van der Waals surface area contributed by atoms with Crippen LogP contribution >= 0.6 is 58.0 Å². The number of alkyl halides is 3. The Morgan fingerprint density at radius 2 is 1.90 bits per heavy atom. The van der Waals surface area contributed by atoms with Crippen molar-refractivity contribution in [2.75, 3.05) is 0 Å². The molecular weight excluding hydrogens is 379 g/mol. The van der Waals surface area contributed by atoms with Crippen LogP contribution in [0.1, 0.15) is 18.4 Å². The molecule has 9 heteroatoms. The Hall–Kier alpha value is -0.100. The Kier molecular flexibility index (Phi) is 5.40. The van der Waals surface area contributed by atoms with Crippen molar-refractivity contribution < 1.29 is 5.11 Å². The summed E-state index contributed by atoms with van der Waals surface area (Å²) in [5, 5.41) is 22.8.